The van der Waals surface area contributed by atoms with E-state index in [1.807, 2.05) is 0 Å². The average molecular weight is 468 g/mol. The van der Waals surface area contributed by atoms with Gasteiger partial charge in [0.2, 0.25) is 5.43 Å². The number of halogens is 2. The minimum absolute atomic E-state index is 0.0748. The maximum absolute atomic E-state index is 13.8. The lowest BCUT2D eigenvalue weighted by Gasteiger charge is -2.13. The van der Waals surface area contributed by atoms with E-state index in [1.54, 1.807) is 29.8 Å². The molecule has 0 aliphatic rings. The van der Waals surface area contributed by atoms with Crippen molar-refractivity contribution in [3.63, 3.8) is 0 Å². The van der Waals surface area contributed by atoms with Gasteiger partial charge in [-0.25, -0.2) is 13.6 Å². The number of nitrogens with zero attached hydrogens (tertiary/aromatic N) is 1. The van der Waals surface area contributed by atoms with Gasteiger partial charge in [0.15, 0.2) is 5.75 Å². The normalized spacial score (nSPS) is 11.1. The molecule has 0 aliphatic heterocycles. The molecule has 0 spiro atoms. The van der Waals surface area contributed by atoms with E-state index in [0.29, 0.717) is 47.6 Å². The fourth-order valence-electron chi connectivity index (χ4n) is 3.59. The van der Waals surface area contributed by atoms with Crippen molar-refractivity contribution in [2.75, 3.05) is 6.54 Å². The van der Waals surface area contributed by atoms with E-state index in [1.165, 1.54) is 18.2 Å². The SMILES string of the molecule is Cc1c(O)c(=O)ccn1CCNCc1cc(=O)oc2cc(OCc3cc(F)ccc3F)ccc12. The summed E-state index contributed by atoms with van der Waals surface area (Å²) in [4.78, 5) is 23.5. The van der Waals surface area contributed by atoms with Crippen LogP contribution in [-0.2, 0) is 19.7 Å². The van der Waals surface area contributed by atoms with E-state index in [4.69, 9.17) is 9.15 Å². The molecular weight excluding hydrogens is 446 g/mol. The molecule has 176 valence electrons. The third-order valence-corrected chi connectivity index (χ3v) is 5.46. The Morgan fingerprint density at radius 3 is 2.71 bits per heavy atom. The van der Waals surface area contributed by atoms with Gasteiger partial charge in [0.05, 0.1) is 5.69 Å². The molecule has 0 fully saturated rings. The molecule has 0 unspecified atom stereocenters. The molecule has 2 aromatic heterocycles. The topological polar surface area (TPSA) is 93.7 Å². The van der Waals surface area contributed by atoms with Crippen LogP contribution in [0.5, 0.6) is 11.5 Å². The van der Waals surface area contributed by atoms with Gasteiger partial charge in [0.25, 0.3) is 0 Å². The van der Waals surface area contributed by atoms with Gasteiger partial charge in [-0.1, -0.05) is 0 Å². The third kappa shape index (κ3) is 5.15. The molecule has 0 saturated carbocycles. The molecule has 0 radical (unpaired) electrons. The number of ether oxygens (including phenoxy) is 1. The van der Waals surface area contributed by atoms with Gasteiger partial charge in [-0.15, -0.1) is 0 Å². The number of hydrogen-bond donors (Lipinski definition) is 2. The van der Waals surface area contributed by atoms with Crippen molar-refractivity contribution in [2.24, 2.45) is 0 Å². The molecule has 0 bridgehead atoms. The maximum Gasteiger partial charge on any atom is 0.336 e. The molecule has 4 rings (SSSR count). The van der Waals surface area contributed by atoms with E-state index in [-0.39, 0.29) is 17.9 Å². The van der Waals surface area contributed by atoms with Crippen LogP contribution in [0.3, 0.4) is 0 Å². The lowest BCUT2D eigenvalue weighted by Crippen LogP contribution is -2.22. The number of nitrogens with one attached hydrogen (secondary N) is 1. The first kappa shape index (κ1) is 23.2. The zero-order valence-electron chi connectivity index (χ0n) is 18.3. The molecule has 0 aliphatic carbocycles. The summed E-state index contributed by atoms with van der Waals surface area (Å²) in [6, 6.07) is 10.8. The van der Waals surface area contributed by atoms with Crippen molar-refractivity contribution in [3.05, 3.63) is 104 Å². The van der Waals surface area contributed by atoms with Gasteiger partial charge in [-0.2, -0.15) is 0 Å². The van der Waals surface area contributed by atoms with Gasteiger partial charge in [-0.3, -0.25) is 4.79 Å². The van der Waals surface area contributed by atoms with Gasteiger partial charge < -0.3 is 24.1 Å². The fraction of sp³-hybridized carbons (Fsp3) is 0.200. The van der Waals surface area contributed by atoms with Crippen molar-refractivity contribution in [1.82, 2.24) is 9.88 Å². The molecular formula is C25H22F2N2O5. The summed E-state index contributed by atoms with van der Waals surface area (Å²) in [7, 11) is 0. The van der Waals surface area contributed by atoms with Crippen molar-refractivity contribution in [3.8, 4) is 11.5 Å². The Morgan fingerprint density at radius 1 is 1.06 bits per heavy atom. The first-order valence-electron chi connectivity index (χ1n) is 10.5. The van der Waals surface area contributed by atoms with Crippen LogP contribution in [0.2, 0.25) is 0 Å². The highest BCUT2D eigenvalue weighted by Crippen LogP contribution is 2.24. The van der Waals surface area contributed by atoms with Crippen LogP contribution in [0.1, 0.15) is 16.8 Å². The largest absolute Gasteiger partial charge is 0.503 e. The zero-order valence-corrected chi connectivity index (χ0v) is 18.3. The maximum atomic E-state index is 13.8. The first-order chi connectivity index (χ1) is 16.3. The van der Waals surface area contributed by atoms with Gasteiger partial charge in [-0.05, 0) is 42.8 Å². The average Bonchev–Trinajstić information content (AvgIpc) is 2.81. The van der Waals surface area contributed by atoms with Crippen molar-refractivity contribution in [2.45, 2.75) is 26.6 Å². The Labute approximate surface area is 192 Å². The highest BCUT2D eigenvalue weighted by atomic mass is 19.1. The Balaban J connectivity index is 1.44. The third-order valence-electron chi connectivity index (χ3n) is 5.46. The Hall–Kier alpha value is -3.98. The number of fused-ring (bicyclic) bond motifs is 1. The fourth-order valence-corrected chi connectivity index (χ4v) is 3.59. The van der Waals surface area contributed by atoms with Crippen molar-refractivity contribution < 1.29 is 23.0 Å². The Kier molecular flexibility index (Phi) is 6.74. The smallest absolute Gasteiger partial charge is 0.336 e. The molecule has 0 atom stereocenters. The number of aromatic hydroxyl groups is 1. The van der Waals surface area contributed by atoms with Crippen LogP contribution in [0, 0.1) is 18.6 Å². The molecule has 2 N–H and O–H groups in total. The highest BCUT2D eigenvalue weighted by Gasteiger charge is 2.10. The van der Waals surface area contributed by atoms with Crippen LogP contribution in [0.25, 0.3) is 11.0 Å². The molecule has 7 nitrogen and oxygen atoms in total. The molecule has 0 amide bonds. The number of aromatic nitrogens is 1. The minimum Gasteiger partial charge on any atom is -0.503 e. The van der Waals surface area contributed by atoms with Crippen LogP contribution in [-0.4, -0.2) is 16.2 Å². The molecule has 0 saturated heterocycles. The van der Waals surface area contributed by atoms with Gasteiger partial charge in [0, 0.05) is 55.0 Å². The second-order valence-electron chi connectivity index (χ2n) is 7.76. The van der Waals surface area contributed by atoms with Crippen LogP contribution in [0.15, 0.2) is 68.7 Å². The predicted octanol–water partition coefficient (Wildman–Crippen LogP) is 3.62. The van der Waals surface area contributed by atoms with E-state index in [9.17, 15) is 23.5 Å². The number of hydrogen-bond acceptors (Lipinski definition) is 6. The number of benzene rings is 2. The number of pyridine rings is 1. The monoisotopic (exact) mass is 468 g/mol. The van der Waals surface area contributed by atoms with E-state index in [0.717, 1.165) is 18.2 Å². The number of rotatable bonds is 8. The van der Waals surface area contributed by atoms with Crippen LogP contribution < -0.4 is 21.1 Å². The summed E-state index contributed by atoms with van der Waals surface area (Å²) in [5.74, 6) is -1.06. The standard InChI is InChI=1S/C25H22F2N2O5/c1-15-25(32)22(30)6-8-29(15)9-7-28-13-16-11-24(31)34-23-12-19(3-4-20(16)23)33-14-17-10-18(26)2-5-21(17)27/h2-6,8,10-12,28,32H,7,9,13-14H2,1H3. The minimum atomic E-state index is -0.574. The summed E-state index contributed by atoms with van der Waals surface area (Å²) < 4.78 is 39.8. The lowest BCUT2D eigenvalue weighted by atomic mass is 10.1. The van der Waals surface area contributed by atoms with Gasteiger partial charge >= 0.3 is 5.63 Å². The van der Waals surface area contributed by atoms with Crippen LogP contribution >= 0.6 is 0 Å². The lowest BCUT2D eigenvalue weighted by molar-refractivity contribution is 0.299. The van der Waals surface area contributed by atoms with Gasteiger partial charge in [0.1, 0.15) is 29.6 Å². The zero-order chi connectivity index (χ0) is 24.2. The highest BCUT2D eigenvalue weighted by molar-refractivity contribution is 5.81. The van der Waals surface area contributed by atoms with E-state index in [2.05, 4.69) is 5.32 Å². The predicted molar refractivity (Wildman–Crippen MR) is 122 cm³/mol. The first-order valence-corrected chi connectivity index (χ1v) is 10.5. The van der Waals surface area contributed by atoms with E-state index >= 15 is 0 Å². The second-order valence-corrected chi connectivity index (χ2v) is 7.76. The van der Waals surface area contributed by atoms with Crippen molar-refractivity contribution in [1.29, 1.82) is 0 Å². The molecule has 4 aromatic rings. The second kappa shape index (κ2) is 9.88. The van der Waals surface area contributed by atoms with E-state index < -0.39 is 22.7 Å². The summed E-state index contributed by atoms with van der Waals surface area (Å²) in [6.45, 7) is 2.89. The molecule has 9 heteroatoms. The molecule has 2 heterocycles. The summed E-state index contributed by atoms with van der Waals surface area (Å²) in [5.41, 5.74) is 0.625. The molecule has 34 heavy (non-hydrogen) atoms. The Morgan fingerprint density at radius 2 is 1.88 bits per heavy atom. The quantitative estimate of drug-likeness (QED) is 0.303. The molecule has 2 aromatic carbocycles. The summed E-state index contributed by atoms with van der Waals surface area (Å²) >= 11 is 0. The van der Waals surface area contributed by atoms with Crippen LogP contribution in [0.4, 0.5) is 8.78 Å². The summed E-state index contributed by atoms with van der Waals surface area (Å²) in [6.07, 6.45) is 1.61. The van der Waals surface area contributed by atoms with Crippen molar-refractivity contribution >= 4 is 11.0 Å². The Bertz CT molecular complexity index is 1460. The summed E-state index contributed by atoms with van der Waals surface area (Å²) in [5, 5.41) is 13.7.